The summed E-state index contributed by atoms with van der Waals surface area (Å²) in [6.45, 7) is 7.44. The lowest BCUT2D eigenvalue weighted by molar-refractivity contribution is 0.397. The summed E-state index contributed by atoms with van der Waals surface area (Å²) in [5.41, 5.74) is 4.84. The van der Waals surface area contributed by atoms with Gasteiger partial charge in [0.1, 0.15) is 0 Å². The highest BCUT2D eigenvalue weighted by Crippen LogP contribution is 2.11. The minimum Gasteiger partial charge on any atom is -0.362 e. The fourth-order valence-corrected chi connectivity index (χ4v) is 3.32. The number of nitrogens with one attached hydrogen (secondary N) is 1. The highest BCUT2D eigenvalue weighted by molar-refractivity contribution is 7.80. The molecule has 1 heterocycles. The van der Waals surface area contributed by atoms with Crippen molar-refractivity contribution in [1.82, 2.24) is 20.0 Å². The van der Waals surface area contributed by atoms with Crippen molar-refractivity contribution in [2.24, 2.45) is 0 Å². The molecule has 0 radical (unpaired) electrons. The van der Waals surface area contributed by atoms with Crippen LogP contribution in [0.2, 0.25) is 0 Å². The predicted octanol–water partition coefficient (Wildman–Crippen LogP) is 4.47. The molecule has 1 N–H and O–H groups in total. The molecule has 0 bridgehead atoms. The number of aryl methyl sites for hydroxylation is 3. The maximum Gasteiger partial charge on any atom is 0.169 e. The van der Waals surface area contributed by atoms with Gasteiger partial charge in [-0.15, -0.1) is 0 Å². The van der Waals surface area contributed by atoms with E-state index in [0.29, 0.717) is 0 Å². The number of hydrogen-bond acceptors (Lipinski definition) is 2. The average molecular weight is 393 g/mol. The molecule has 0 spiro atoms. The van der Waals surface area contributed by atoms with Crippen LogP contribution in [0.5, 0.6) is 0 Å². The van der Waals surface area contributed by atoms with Crippen LogP contribution in [0, 0.1) is 13.8 Å². The van der Waals surface area contributed by atoms with Gasteiger partial charge < -0.3 is 10.2 Å². The Bertz CT molecular complexity index is 813. The number of nitrogens with zero attached hydrogens (tertiary/aromatic N) is 3. The van der Waals surface area contributed by atoms with Crippen LogP contribution in [0.4, 0.5) is 0 Å². The minimum absolute atomic E-state index is 0.791. The summed E-state index contributed by atoms with van der Waals surface area (Å²) in [5, 5.41) is 8.74. The quantitative estimate of drug-likeness (QED) is 0.453. The third-order valence-electron chi connectivity index (χ3n) is 4.75. The Morgan fingerprint density at radius 1 is 0.964 bits per heavy atom. The first kappa shape index (κ1) is 20.1. The number of thiocarbonyl (C=S) groups is 1. The van der Waals surface area contributed by atoms with Crippen LogP contribution in [0.3, 0.4) is 0 Å². The van der Waals surface area contributed by atoms with Crippen molar-refractivity contribution in [3.8, 4) is 0 Å². The Balaban J connectivity index is 1.56. The fourth-order valence-electron chi connectivity index (χ4n) is 3.09. The van der Waals surface area contributed by atoms with Crippen LogP contribution >= 0.6 is 12.2 Å². The molecule has 1 aromatic heterocycles. The van der Waals surface area contributed by atoms with Crippen LogP contribution in [0.1, 0.15) is 28.8 Å². The SMILES string of the molecule is Cc1cn(CCCNC(=S)N(Cc2ccccc2)Cc2ccccc2)nc1C. The zero-order chi connectivity index (χ0) is 19.8. The maximum absolute atomic E-state index is 5.72. The molecule has 2 aromatic carbocycles. The first-order chi connectivity index (χ1) is 13.6. The number of aromatic nitrogens is 2. The minimum atomic E-state index is 0.791. The molecule has 0 saturated heterocycles. The third-order valence-corrected chi connectivity index (χ3v) is 5.15. The van der Waals surface area contributed by atoms with Gasteiger partial charge in [-0.1, -0.05) is 60.7 Å². The molecule has 4 nitrogen and oxygen atoms in total. The highest BCUT2D eigenvalue weighted by atomic mass is 32.1. The lowest BCUT2D eigenvalue weighted by atomic mass is 10.2. The van der Waals surface area contributed by atoms with E-state index in [-0.39, 0.29) is 0 Å². The zero-order valence-electron chi connectivity index (χ0n) is 16.6. The first-order valence-corrected chi connectivity index (χ1v) is 10.1. The molecule has 0 unspecified atom stereocenters. The lowest BCUT2D eigenvalue weighted by Crippen LogP contribution is -2.39. The van der Waals surface area contributed by atoms with Crippen LogP contribution in [0.15, 0.2) is 66.9 Å². The van der Waals surface area contributed by atoms with E-state index in [1.54, 1.807) is 0 Å². The monoisotopic (exact) mass is 392 g/mol. The van der Waals surface area contributed by atoms with E-state index in [9.17, 15) is 0 Å². The summed E-state index contributed by atoms with van der Waals surface area (Å²) in [7, 11) is 0. The summed E-state index contributed by atoms with van der Waals surface area (Å²) < 4.78 is 2.01. The first-order valence-electron chi connectivity index (χ1n) is 9.73. The van der Waals surface area contributed by atoms with Crippen molar-refractivity contribution >= 4 is 17.3 Å². The van der Waals surface area contributed by atoms with Crippen LogP contribution in [0.25, 0.3) is 0 Å². The van der Waals surface area contributed by atoms with E-state index in [4.69, 9.17) is 12.2 Å². The van der Waals surface area contributed by atoms with E-state index >= 15 is 0 Å². The maximum atomic E-state index is 5.72. The van der Waals surface area contributed by atoms with Crippen molar-refractivity contribution in [3.05, 3.63) is 89.2 Å². The summed E-state index contributed by atoms with van der Waals surface area (Å²) >= 11 is 5.72. The second-order valence-electron chi connectivity index (χ2n) is 7.07. The van der Waals surface area contributed by atoms with Gasteiger partial charge in [-0.25, -0.2) is 0 Å². The topological polar surface area (TPSA) is 33.1 Å². The van der Waals surface area contributed by atoms with Gasteiger partial charge in [0.15, 0.2) is 5.11 Å². The van der Waals surface area contributed by atoms with Gasteiger partial charge in [0.05, 0.1) is 5.69 Å². The fraction of sp³-hybridized carbons (Fsp3) is 0.304. The summed E-state index contributed by atoms with van der Waals surface area (Å²) in [6.07, 6.45) is 3.08. The van der Waals surface area contributed by atoms with Gasteiger partial charge in [-0.3, -0.25) is 4.68 Å². The van der Waals surface area contributed by atoms with Crippen LogP contribution < -0.4 is 5.32 Å². The molecular formula is C23H28N4S. The molecule has 146 valence electrons. The molecule has 28 heavy (non-hydrogen) atoms. The number of benzene rings is 2. The van der Waals surface area contributed by atoms with Gasteiger partial charge in [-0.2, -0.15) is 5.10 Å². The van der Waals surface area contributed by atoms with Gasteiger partial charge >= 0.3 is 0 Å². The van der Waals surface area contributed by atoms with Crippen molar-refractivity contribution < 1.29 is 0 Å². The molecule has 0 saturated carbocycles. The molecule has 0 aliphatic heterocycles. The molecule has 3 aromatic rings. The Hall–Kier alpha value is -2.66. The largest absolute Gasteiger partial charge is 0.362 e. The third kappa shape index (κ3) is 5.92. The Labute approximate surface area is 173 Å². The Morgan fingerprint density at radius 2 is 1.54 bits per heavy atom. The number of rotatable bonds is 8. The summed E-state index contributed by atoms with van der Waals surface area (Å²) in [5.74, 6) is 0. The Morgan fingerprint density at radius 3 is 2.04 bits per heavy atom. The average Bonchev–Trinajstić information content (AvgIpc) is 3.03. The van der Waals surface area contributed by atoms with Gasteiger partial charge in [-0.05, 0) is 49.2 Å². The summed E-state index contributed by atoms with van der Waals surface area (Å²) in [6, 6.07) is 20.9. The second-order valence-corrected chi connectivity index (χ2v) is 7.46. The normalized spacial score (nSPS) is 10.6. The molecular weight excluding hydrogens is 364 g/mol. The van der Waals surface area contributed by atoms with E-state index in [1.165, 1.54) is 16.7 Å². The van der Waals surface area contributed by atoms with E-state index in [0.717, 1.165) is 43.4 Å². The lowest BCUT2D eigenvalue weighted by Gasteiger charge is -2.26. The molecule has 5 heteroatoms. The highest BCUT2D eigenvalue weighted by Gasteiger charge is 2.11. The molecule has 0 aliphatic carbocycles. The smallest absolute Gasteiger partial charge is 0.169 e. The van der Waals surface area contributed by atoms with Crippen molar-refractivity contribution in [3.63, 3.8) is 0 Å². The van der Waals surface area contributed by atoms with Gasteiger partial charge in [0, 0.05) is 32.4 Å². The number of hydrogen-bond donors (Lipinski definition) is 1. The van der Waals surface area contributed by atoms with Crippen molar-refractivity contribution in [2.75, 3.05) is 6.54 Å². The van der Waals surface area contributed by atoms with E-state index in [1.807, 2.05) is 23.7 Å². The molecule has 0 aliphatic rings. The molecule has 0 amide bonds. The van der Waals surface area contributed by atoms with Crippen LogP contribution in [-0.2, 0) is 19.6 Å². The standard InChI is InChI=1S/C23H28N4S/c1-19-16-27(25-20(19)2)15-9-14-24-23(28)26(17-21-10-5-3-6-11-21)18-22-12-7-4-8-13-22/h3-8,10-13,16H,9,14-15,17-18H2,1-2H3,(H,24,28). The molecule has 3 rings (SSSR count). The van der Waals surface area contributed by atoms with Gasteiger partial charge in [0.2, 0.25) is 0 Å². The van der Waals surface area contributed by atoms with Gasteiger partial charge in [0.25, 0.3) is 0 Å². The van der Waals surface area contributed by atoms with E-state index < -0.39 is 0 Å². The molecule has 0 atom stereocenters. The summed E-state index contributed by atoms with van der Waals surface area (Å²) in [4.78, 5) is 2.22. The predicted molar refractivity (Wildman–Crippen MR) is 119 cm³/mol. The van der Waals surface area contributed by atoms with Crippen molar-refractivity contribution in [1.29, 1.82) is 0 Å². The zero-order valence-corrected chi connectivity index (χ0v) is 17.5. The van der Waals surface area contributed by atoms with E-state index in [2.05, 4.69) is 77.0 Å². The van der Waals surface area contributed by atoms with Crippen LogP contribution in [-0.4, -0.2) is 26.3 Å². The molecule has 0 fully saturated rings. The Kier molecular flexibility index (Phi) is 7.20. The van der Waals surface area contributed by atoms with Crippen molar-refractivity contribution in [2.45, 2.75) is 39.9 Å². The second kappa shape index (κ2) is 10.0.